The van der Waals surface area contributed by atoms with E-state index in [2.05, 4.69) is 6.92 Å². The van der Waals surface area contributed by atoms with Crippen LogP contribution >= 0.6 is 0 Å². The Hall–Kier alpha value is -0.770. The predicted octanol–water partition coefficient (Wildman–Crippen LogP) is 2.51. The van der Waals surface area contributed by atoms with Crippen molar-refractivity contribution in [2.24, 2.45) is 5.73 Å². The smallest absolute Gasteiger partial charge is 0.410 e. The van der Waals surface area contributed by atoms with E-state index < -0.39 is 0 Å². The Kier molecular flexibility index (Phi) is 5.75. The van der Waals surface area contributed by atoms with Crippen LogP contribution in [0.4, 0.5) is 4.79 Å². The van der Waals surface area contributed by atoms with E-state index >= 15 is 0 Å². The van der Waals surface area contributed by atoms with Crippen LogP contribution in [0.3, 0.4) is 0 Å². The third kappa shape index (κ3) is 4.54. The van der Waals surface area contributed by atoms with Crippen LogP contribution in [0.15, 0.2) is 0 Å². The molecule has 4 heteroatoms. The van der Waals surface area contributed by atoms with Gasteiger partial charge >= 0.3 is 6.09 Å². The minimum Gasteiger partial charge on any atom is -0.447 e. The number of carbonyl (C=O) groups excluding carboxylic acids is 1. The molecule has 0 saturated heterocycles. The van der Waals surface area contributed by atoms with Gasteiger partial charge in [-0.25, -0.2) is 4.79 Å². The first-order valence-corrected chi connectivity index (χ1v) is 6.77. The molecular weight excluding hydrogens is 216 g/mol. The number of hydrogen-bond donors (Lipinski definition) is 1. The molecule has 0 aromatic carbocycles. The molecule has 1 rings (SSSR count). The maximum Gasteiger partial charge on any atom is 0.410 e. The minimum atomic E-state index is -0.165. The van der Waals surface area contributed by atoms with Crippen LogP contribution in [0.5, 0.6) is 0 Å². The van der Waals surface area contributed by atoms with Crippen LogP contribution in [0, 0.1) is 0 Å². The molecule has 0 aliphatic heterocycles. The second-order valence-electron chi connectivity index (χ2n) is 5.19. The first-order valence-electron chi connectivity index (χ1n) is 6.77. The van der Waals surface area contributed by atoms with Gasteiger partial charge in [0.05, 0.1) is 6.10 Å². The lowest BCUT2D eigenvalue weighted by molar-refractivity contribution is 0.0551. The molecular formula is C13H26N2O2. The summed E-state index contributed by atoms with van der Waals surface area (Å²) in [5.74, 6) is 0. The number of ether oxygens (including phenoxy) is 1. The first-order chi connectivity index (χ1) is 8.04. The van der Waals surface area contributed by atoms with Gasteiger partial charge in [-0.2, -0.15) is 0 Å². The summed E-state index contributed by atoms with van der Waals surface area (Å²) in [5, 5.41) is 0. The van der Waals surface area contributed by atoms with Crippen LogP contribution < -0.4 is 5.73 Å². The zero-order valence-corrected chi connectivity index (χ0v) is 11.3. The summed E-state index contributed by atoms with van der Waals surface area (Å²) in [4.78, 5) is 13.9. The Bertz CT molecular complexity index is 236. The van der Waals surface area contributed by atoms with Crippen LogP contribution in [-0.2, 0) is 4.74 Å². The standard InChI is InChI=1S/C13H26N2O2/c1-4-9-15(13(16)17-10(2)3)12-7-5-11(14)6-8-12/h10-12H,4-9,14H2,1-3H3. The van der Waals surface area contributed by atoms with Crippen molar-refractivity contribution in [3.63, 3.8) is 0 Å². The fourth-order valence-electron chi connectivity index (χ4n) is 2.35. The third-order valence-corrected chi connectivity index (χ3v) is 3.22. The van der Waals surface area contributed by atoms with Gasteiger partial charge in [-0.05, 0) is 46.0 Å². The van der Waals surface area contributed by atoms with Gasteiger partial charge in [0.15, 0.2) is 0 Å². The van der Waals surface area contributed by atoms with Gasteiger partial charge in [0.25, 0.3) is 0 Å². The molecule has 0 heterocycles. The highest BCUT2D eigenvalue weighted by atomic mass is 16.6. The molecule has 0 spiro atoms. The predicted molar refractivity (Wildman–Crippen MR) is 68.8 cm³/mol. The van der Waals surface area contributed by atoms with Gasteiger partial charge in [-0.3, -0.25) is 0 Å². The zero-order valence-electron chi connectivity index (χ0n) is 11.3. The summed E-state index contributed by atoms with van der Waals surface area (Å²) in [7, 11) is 0. The highest BCUT2D eigenvalue weighted by Gasteiger charge is 2.28. The average Bonchev–Trinajstić information content (AvgIpc) is 2.26. The molecule has 1 amide bonds. The van der Waals surface area contributed by atoms with E-state index in [-0.39, 0.29) is 12.2 Å². The van der Waals surface area contributed by atoms with Gasteiger partial charge in [-0.15, -0.1) is 0 Å². The lowest BCUT2D eigenvalue weighted by Crippen LogP contribution is -2.45. The van der Waals surface area contributed by atoms with E-state index in [0.717, 1.165) is 38.6 Å². The van der Waals surface area contributed by atoms with Crippen molar-refractivity contribution in [1.29, 1.82) is 0 Å². The van der Waals surface area contributed by atoms with Crippen molar-refractivity contribution >= 4 is 6.09 Å². The normalized spacial score (nSPS) is 24.8. The molecule has 100 valence electrons. The maximum absolute atomic E-state index is 12.0. The van der Waals surface area contributed by atoms with E-state index in [1.54, 1.807) is 0 Å². The highest BCUT2D eigenvalue weighted by Crippen LogP contribution is 2.23. The summed E-state index contributed by atoms with van der Waals surface area (Å²) < 4.78 is 5.30. The number of nitrogens with two attached hydrogens (primary N) is 1. The maximum atomic E-state index is 12.0. The van der Waals surface area contributed by atoms with E-state index in [4.69, 9.17) is 10.5 Å². The summed E-state index contributed by atoms with van der Waals surface area (Å²) in [6.07, 6.45) is 4.80. The number of carbonyl (C=O) groups is 1. The molecule has 1 saturated carbocycles. The Morgan fingerprint density at radius 2 is 1.94 bits per heavy atom. The Balaban J connectivity index is 2.55. The molecule has 1 fully saturated rings. The van der Waals surface area contributed by atoms with Crippen LogP contribution in [0.2, 0.25) is 0 Å². The second kappa shape index (κ2) is 6.84. The van der Waals surface area contributed by atoms with Gasteiger partial charge < -0.3 is 15.4 Å². The Labute approximate surface area is 104 Å². The molecule has 2 N–H and O–H groups in total. The van der Waals surface area contributed by atoms with Crippen molar-refractivity contribution in [2.75, 3.05) is 6.54 Å². The van der Waals surface area contributed by atoms with Crippen molar-refractivity contribution < 1.29 is 9.53 Å². The molecule has 0 aromatic rings. The topological polar surface area (TPSA) is 55.6 Å². The molecule has 1 aliphatic carbocycles. The van der Waals surface area contributed by atoms with Gasteiger partial charge in [0.2, 0.25) is 0 Å². The first kappa shape index (κ1) is 14.3. The SMILES string of the molecule is CCCN(C(=O)OC(C)C)C1CCC(N)CC1. The van der Waals surface area contributed by atoms with E-state index in [0.29, 0.717) is 12.1 Å². The van der Waals surface area contributed by atoms with E-state index in [9.17, 15) is 4.79 Å². The average molecular weight is 242 g/mol. The van der Waals surface area contributed by atoms with E-state index in [1.807, 2.05) is 18.7 Å². The van der Waals surface area contributed by atoms with Crippen molar-refractivity contribution in [2.45, 2.75) is 71.1 Å². The molecule has 0 aromatic heterocycles. The second-order valence-corrected chi connectivity index (χ2v) is 5.19. The molecule has 0 atom stereocenters. The van der Waals surface area contributed by atoms with Crippen LogP contribution in [0.1, 0.15) is 52.9 Å². The molecule has 1 aliphatic rings. The van der Waals surface area contributed by atoms with Gasteiger partial charge in [-0.1, -0.05) is 6.92 Å². The number of rotatable bonds is 4. The summed E-state index contributed by atoms with van der Waals surface area (Å²) in [6, 6.07) is 0.636. The summed E-state index contributed by atoms with van der Waals surface area (Å²) >= 11 is 0. The van der Waals surface area contributed by atoms with Crippen molar-refractivity contribution in [1.82, 2.24) is 4.90 Å². The largest absolute Gasteiger partial charge is 0.447 e. The summed E-state index contributed by atoms with van der Waals surface area (Å²) in [6.45, 7) is 6.65. The lowest BCUT2D eigenvalue weighted by Gasteiger charge is -2.35. The molecule has 0 bridgehead atoms. The fourth-order valence-corrected chi connectivity index (χ4v) is 2.35. The Morgan fingerprint density at radius 3 is 2.41 bits per heavy atom. The summed E-state index contributed by atoms with van der Waals surface area (Å²) in [5.41, 5.74) is 5.89. The highest BCUT2D eigenvalue weighted by molar-refractivity contribution is 5.68. The fraction of sp³-hybridized carbons (Fsp3) is 0.923. The molecule has 0 unspecified atom stereocenters. The van der Waals surface area contributed by atoms with Crippen molar-refractivity contribution in [3.8, 4) is 0 Å². The molecule has 0 radical (unpaired) electrons. The zero-order chi connectivity index (χ0) is 12.8. The Morgan fingerprint density at radius 1 is 1.35 bits per heavy atom. The molecule has 4 nitrogen and oxygen atoms in total. The monoisotopic (exact) mass is 242 g/mol. The van der Waals surface area contributed by atoms with Gasteiger partial charge in [0.1, 0.15) is 0 Å². The van der Waals surface area contributed by atoms with Gasteiger partial charge in [0, 0.05) is 18.6 Å². The third-order valence-electron chi connectivity index (χ3n) is 3.22. The lowest BCUT2D eigenvalue weighted by atomic mass is 9.91. The van der Waals surface area contributed by atoms with E-state index in [1.165, 1.54) is 0 Å². The molecule has 17 heavy (non-hydrogen) atoms. The van der Waals surface area contributed by atoms with Crippen molar-refractivity contribution in [3.05, 3.63) is 0 Å². The van der Waals surface area contributed by atoms with Crippen LogP contribution in [0.25, 0.3) is 0 Å². The van der Waals surface area contributed by atoms with Crippen LogP contribution in [-0.4, -0.2) is 35.7 Å². The number of hydrogen-bond acceptors (Lipinski definition) is 3. The number of amides is 1. The number of nitrogens with zero attached hydrogens (tertiary/aromatic N) is 1. The minimum absolute atomic E-state index is 0.0484. The quantitative estimate of drug-likeness (QED) is 0.824.